The zero-order valence-corrected chi connectivity index (χ0v) is 20.0. The summed E-state index contributed by atoms with van der Waals surface area (Å²) in [4.78, 5) is 18.2. The number of morpholine rings is 1. The lowest BCUT2D eigenvalue weighted by atomic mass is 9.56. The van der Waals surface area contributed by atoms with Gasteiger partial charge < -0.3 is 15.2 Å². The van der Waals surface area contributed by atoms with Crippen LogP contribution in [0.25, 0.3) is 0 Å². The second kappa shape index (κ2) is 8.60. The number of benzene rings is 1. The van der Waals surface area contributed by atoms with Gasteiger partial charge in [0.1, 0.15) is 0 Å². The lowest BCUT2D eigenvalue weighted by Crippen LogP contribution is -2.69. The van der Waals surface area contributed by atoms with Crippen LogP contribution in [-0.2, 0) is 21.4 Å². The molecule has 2 heterocycles. The highest BCUT2D eigenvalue weighted by molar-refractivity contribution is 5.80. The maximum atomic E-state index is 13.3. The number of amides is 1. The zero-order chi connectivity index (χ0) is 23.3. The third kappa shape index (κ3) is 3.67. The zero-order valence-electron chi connectivity index (χ0n) is 20.0. The monoisotopic (exact) mass is 464 g/mol. The standard InChI is InChI=1S/C27H36N4O3/c28-17-20-3-4-21-14-24-27(33)16-22(25(32)29-6-8-30-9-11-34-12-10-30)15-26(27,23(21)13-20)5-7-31(24)18-19-1-2-19/h3-4,13,19,22,24,33H,1-2,5-12,14-16,18H2,(H,29,32)/t22-,24-,26-,27-/m1/s1. The fraction of sp³-hybridized carbons (Fsp3) is 0.704. The van der Waals surface area contributed by atoms with E-state index in [0.717, 1.165) is 70.3 Å². The van der Waals surface area contributed by atoms with Gasteiger partial charge in [0, 0.05) is 50.1 Å². The van der Waals surface area contributed by atoms with E-state index in [4.69, 9.17) is 4.74 Å². The molecule has 2 saturated carbocycles. The minimum atomic E-state index is -0.923. The van der Waals surface area contributed by atoms with Gasteiger partial charge in [-0.1, -0.05) is 6.07 Å². The summed E-state index contributed by atoms with van der Waals surface area (Å²) in [6.45, 7) is 6.84. The van der Waals surface area contributed by atoms with Gasteiger partial charge in [-0.05, 0) is 74.2 Å². The summed E-state index contributed by atoms with van der Waals surface area (Å²) in [7, 11) is 0. The van der Waals surface area contributed by atoms with Crippen molar-refractivity contribution in [2.45, 2.75) is 55.6 Å². The van der Waals surface area contributed by atoms with E-state index in [0.29, 0.717) is 24.9 Å². The first-order valence-corrected chi connectivity index (χ1v) is 13.1. The summed E-state index contributed by atoms with van der Waals surface area (Å²) >= 11 is 0. The van der Waals surface area contributed by atoms with E-state index in [1.807, 2.05) is 12.1 Å². The van der Waals surface area contributed by atoms with Crippen LogP contribution in [-0.4, -0.2) is 84.9 Å². The van der Waals surface area contributed by atoms with Crippen molar-refractivity contribution < 1.29 is 14.6 Å². The molecule has 34 heavy (non-hydrogen) atoms. The largest absolute Gasteiger partial charge is 0.387 e. The molecule has 0 aromatic heterocycles. The molecule has 0 radical (unpaired) electrons. The summed E-state index contributed by atoms with van der Waals surface area (Å²) in [6, 6.07) is 8.35. The van der Waals surface area contributed by atoms with Gasteiger partial charge in [0.15, 0.2) is 0 Å². The Balaban J connectivity index is 1.25. The number of aliphatic hydroxyl groups is 1. The number of nitrogens with zero attached hydrogens (tertiary/aromatic N) is 3. The predicted molar refractivity (Wildman–Crippen MR) is 127 cm³/mol. The number of ether oxygens (including phenoxy) is 1. The number of nitriles is 1. The summed E-state index contributed by atoms with van der Waals surface area (Å²) in [5, 5.41) is 25.2. The van der Waals surface area contributed by atoms with Gasteiger partial charge in [0.05, 0.1) is 30.4 Å². The highest BCUT2D eigenvalue weighted by atomic mass is 16.5. The van der Waals surface area contributed by atoms with Gasteiger partial charge >= 0.3 is 0 Å². The number of carbonyl (C=O) groups excluding carboxylic acids is 1. The first-order chi connectivity index (χ1) is 16.5. The van der Waals surface area contributed by atoms with Crippen molar-refractivity contribution >= 4 is 5.91 Å². The van der Waals surface area contributed by atoms with Crippen molar-refractivity contribution in [3.63, 3.8) is 0 Å². The molecule has 1 amide bonds. The van der Waals surface area contributed by atoms with Crippen molar-refractivity contribution in [3.8, 4) is 6.07 Å². The van der Waals surface area contributed by atoms with Crippen molar-refractivity contribution in [1.82, 2.24) is 15.1 Å². The lowest BCUT2D eigenvalue weighted by Gasteiger charge is -2.59. The van der Waals surface area contributed by atoms with Gasteiger partial charge in [0.25, 0.3) is 0 Å². The summed E-state index contributed by atoms with van der Waals surface area (Å²) in [5.74, 6) is 0.636. The van der Waals surface area contributed by atoms with Crippen LogP contribution in [0.4, 0.5) is 0 Å². The number of nitrogens with one attached hydrogen (secondary N) is 1. The molecular weight excluding hydrogens is 428 g/mol. The van der Waals surface area contributed by atoms with Crippen LogP contribution in [0.2, 0.25) is 0 Å². The van der Waals surface area contributed by atoms with Crippen LogP contribution in [0.1, 0.15) is 48.8 Å². The van der Waals surface area contributed by atoms with E-state index in [1.54, 1.807) is 0 Å². The Kier molecular flexibility index (Phi) is 5.69. The first-order valence-electron chi connectivity index (χ1n) is 13.1. The van der Waals surface area contributed by atoms with E-state index < -0.39 is 11.0 Å². The van der Waals surface area contributed by atoms with Crippen LogP contribution >= 0.6 is 0 Å². The average Bonchev–Trinajstić information content (AvgIpc) is 3.60. The Morgan fingerprint density at radius 1 is 1.24 bits per heavy atom. The molecular formula is C27H36N4O3. The third-order valence-corrected chi connectivity index (χ3v) is 9.36. The number of carbonyl (C=O) groups is 1. The molecule has 7 nitrogen and oxygen atoms in total. The van der Waals surface area contributed by atoms with Gasteiger partial charge in [-0.25, -0.2) is 0 Å². The Morgan fingerprint density at radius 2 is 2.06 bits per heavy atom. The number of piperidine rings is 1. The Bertz CT molecular complexity index is 998. The average molecular weight is 465 g/mol. The Morgan fingerprint density at radius 3 is 2.82 bits per heavy atom. The van der Waals surface area contributed by atoms with Crippen LogP contribution in [0.15, 0.2) is 18.2 Å². The fourth-order valence-corrected chi connectivity index (χ4v) is 7.40. The maximum Gasteiger partial charge on any atom is 0.223 e. The molecule has 2 bridgehead atoms. The van der Waals surface area contributed by atoms with Crippen molar-refractivity contribution in [2.75, 3.05) is 52.5 Å². The van der Waals surface area contributed by atoms with Crippen molar-refractivity contribution in [3.05, 3.63) is 34.9 Å². The molecule has 1 aromatic rings. The fourth-order valence-electron chi connectivity index (χ4n) is 7.40. The molecule has 2 saturated heterocycles. The molecule has 7 heteroatoms. The number of hydrogen-bond donors (Lipinski definition) is 2. The van der Waals surface area contributed by atoms with E-state index in [2.05, 4.69) is 27.3 Å². The van der Waals surface area contributed by atoms with Gasteiger partial charge in [-0.3, -0.25) is 14.6 Å². The quantitative estimate of drug-likeness (QED) is 0.662. The van der Waals surface area contributed by atoms with Crippen molar-refractivity contribution in [1.29, 1.82) is 5.26 Å². The third-order valence-electron chi connectivity index (χ3n) is 9.36. The van der Waals surface area contributed by atoms with Crippen LogP contribution in [0.5, 0.6) is 0 Å². The molecule has 4 fully saturated rings. The van der Waals surface area contributed by atoms with E-state index in [1.165, 1.54) is 18.4 Å². The van der Waals surface area contributed by atoms with Crippen LogP contribution in [0, 0.1) is 23.2 Å². The number of rotatable bonds is 6. The normalized spacial score (nSPS) is 35.3. The smallest absolute Gasteiger partial charge is 0.223 e. The highest BCUT2D eigenvalue weighted by Crippen LogP contribution is 2.61. The summed E-state index contributed by atoms with van der Waals surface area (Å²) < 4.78 is 5.41. The molecule has 3 aliphatic carbocycles. The molecule has 6 rings (SSSR count). The van der Waals surface area contributed by atoms with Crippen molar-refractivity contribution in [2.24, 2.45) is 11.8 Å². The molecule has 1 aromatic carbocycles. The predicted octanol–water partition coefficient (Wildman–Crippen LogP) is 1.43. The first kappa shape index (κ1) is 22.5. The molecule has 0 spiro atoms. The molecule has 2 N–H and O–H groups in total. The van der Waals surface area contributed by atoms with E-state index >= 15 is 0 Å². The number of fused-ring (bicyclic) bond motifs is 1. The lowest BCUT2D eigenvalue weighted by molar-refractivity contribution is -0.134. The molecule has 0 unspecified atom stereocenters. The maximum absolute atomic E-state index is 13.3. The molecule has 2 aliphatic heterocycles. The van der Waals surface area contributed by atoms with Crippen LogP contribution in [0.3, 0.4) is 0 Å². The Hall–Kier alpha value is -1.98. The minimum Gasteiger partial charge on any atom is -0.387 e. The number of likely N-dealkylation sites (tertiary alicyclic amines) is 1. The number of hydrogen-bond acceptors (Lipinski definition) is 6. The van der Waals surface area contributed by atoms with Crippen LogP contribution < -0.4 is 5.32 Å². The second-order valence-electron chi connectivity index (χ2n) is 11.2. The summed E-state index contributed by atoms with van der Waals surface area (Å²) in [5.41, 5.74) is 1.66. The summed E-state index contributed by atoms with van der Waals surface area (Å²) in [6.07, 6.45) is 5.43. The topological polar surface area (TPSA) is 88.8 Å². The Labute approximate surface area is 202 Å². The van der Waals surface area contributed by atoms with E-state index in [-0.39, 0.29) is 17.9 Å². The van der Waals surface area contributed by atoms with Gasteiger partial charge in [-0.2, -0.15) is 5.26 Å². The highest BCUT2D eigenvalue weighted by Gasteiger charge is 2.68. The minimum absolute atomic E-state index is 0.0495. The van der Waals surface area contributed by atoms with Gasteiger partial charge in [0.2, 0.25) is 5.91 Å². The SMILES string of the molecule is N#Cc1ccc2c(c1)[C@]13CCN(CC4CC4)[C@H](C2)[C@]1(O)C[C@H](C(=O)NCCN1CCOCC1)C3. The van der Waals surface area contributed by atoms with Gasteiger partial charge in [-0.15, -0.1) is 0 Å². The van der Waals surface area contributed by atoms with E-state index in [9.17, 15) is 15.2 Å². The second-order valence-corrected chi connectivity index (χ2v) is 11.2. The molecule has 4 atom stereocenters. The molecule has 5 aliphatic rings. The molecule has 182 valence electrons.